The van der Waals surface area contributed by atoms with Crippen LogP contribution in [-0.4, -0.2) is 45.4 Å². The first-order chi connectivity index (χ1) is 13.0. The summed E-state index contributed by atoms with van der Waals surface area (Å²) >= 11 is 0. The van der Waals surface area contributed by atoms with Gasteiger partial charge in [-0.1, -0.05) is 0 Å². The van der Waals surface area contributed by atoms with E-state index in [1.54, 1.807) is 19.1 Å². The molecule has 2 N–H and O–H groups in total. The molecule has 1 heterocycles. The maximum atomic E-state index is 12.3. The summed E-state index contributed by atoms with van der Waals surface area (Å²) in [5.41, 5.74) is 3.11. The maximum absolute atomic E-state index is 12.3. The number of nitrogens with zero attached hydrogens (tertiary/aromatic N) is 1. The molecule has 0 spiro atoms. The molecular weight excluding hydrogens is 354 g/mol. The van der Waals surface area contributed by atoms with Gasteiger partial charge in [0.2, 0.25) is 5.75 Å². The Morgan fingerprint density at radius 2 is 1.78 bits per heavy atom. The third-order valence-corrected chi connectivity index (χ3v) is 3.56. The second-order valence-electron chi connectivity index (χ2n) is 5.31. The number of nitrogens with one attached hydrogen (secondary N) is 2. The molecule has 27 heavy (non-hydrogen) atoms. The van der Waals surface area contributed by atoms with Crippen molar-refractivity contribution in [3.63, 3.8) is 0 Å². The van der Waals surface area contributed by atoms with E-state index in [1.807, 2.05) is 0 Å². The smallest absolute Gasteiger partial charge is 0.259 e. The molecule has 9 heteroatoms. The number of furan rings is 1. The molecule has 0 unspecified atom stereocenters. The summed E-state index contributed by atoms with van der Waals surface area (Å²) in [6.45, 7) is 1.43. The average Bonchev–Trinajstić information content (AvgIpc) is 3.23. The first-order valence-corrected chi connectivity index (χ1v) is 7.95. The molecule has 1 aromatic heterocycles. The third-order valence-electron chi connectivity index (χ3n) is 3.56. The molecule has 2 amide bonds. The molecule has 0 bridgehead atoms. The van der Waals surface area contributed by atoms with Crippen LogP contribution in [-0.2, 0) is 4.79 Å². The lowest BCUT2D eigenvalue weighted by Gasteiger charge is -2.14. The van der Waals surface area contributed by atoms with Gasteiger partial charge in [0.05, 0.1) is 34.1 Å². The van der Waals surface area contributed by atoms with Gasteiger partial charge in [-0.25, -0.2) is 5.43 Å². The standard InChI is InChI=1S/C18H21N3O6/c1-11(13-6-5-7-27-13)20-21-16(22)10-19-18(23)12-8-14(24-2)17(26-4)15(9-12)25-3/h5-9H,10H2,1-4H3,(H,19,23)(H,21,22). The van der Waals surface area contributed by atoms with Crippen molar-refractivity contribution < 1.29 is 28.2 Å². The number of ether oxygens (including phenoxy) is 3. The molecule has 0 aliphatic rings. The molecule has 9 nitrogen and oxygen atoms in total. The quantitative estimate of drug-likeness (QED) is 0.535. The third kappa shape index (κ3) is 5.00. The van der Waals surface area contributed by atoms with Crippen molar-refractivity contribution in [1.29, 1.82) is 0 Å². The fraction of sp³-hybridized carbons (Fsp3) is 0.278. The van der Waals surface area contributed by atoms with Gasteiger partial charge < -0.3 is 23.9 Å². The summed E-state index contributed by atoms with van der Waals surface area (Å²) in [4.78, 5) is 24.2. The van der Waals surface area contributed by atoms with E-state index in [0.717, 1.165) is 0 Å². The van der Waals surface area contributed by atoms with E-state index in [1.165, 1.54) is 39.7 Å². The van der Waals surface area contributed by atoms with E-state index in [2.05, 4.69) is 15.8 Å². The number of carbonyl (C=O) groups is 2. The predicted octanol–water partition coefficient (Wildman–Crippen LogP) is 1.58. The highest BCUT2D eigenvalue weighted by Gasteiger charge is 2.17. The highest BCUT2D eigenvalue weighted by atomic mass is 16.5. The van der Waals surface area contributed by atoms with Crippen molar-refractivity contribution in [1.82, 2.24) is 10.7 Å². The number of amides is 2. The highest BCUT2D eigenvalue weighted by molar-refractivity contribution is 5.99. The van der Waals surface area contributed by atoms with E-state index in [0.29, 0.717) is 28.7 Å². The molecule has 2 aromatic rings. The van der Waals surface area contributed by atoms with Crippen LogP contribution in [0.3, 0.4) is 0 Å². The summed E-state index contributed by atoms with van der Waals surface area (Å²) in [7, 11) is 4.37. The van der Waals surface area contributed by atoms with Crippen LogP contribution in [0.2, 0.25) is 0 Å². The second kappa shape index (κ2) is 9.27. The van der Waals surface area contributed by atoms with E-state index in [-0.39, 0.29) is 12.1 Å². The fourth-order valence-electron chi connectivity index (χ4n) is 2.20. The van der Waals surface area contributed by atoms with E-state index < -0.39 is 11.8 Å². The summed E-state index contributed by atoms with van der Waals surface area (Å²) in [5, 5.41) is 6.41. The van der Waals surface area contributed by atoms with Crippen LogP contribution >= 0.6 is 0 Å². The lowest BCUT2D eigenvalue weighted by Crippen LogP contribution is -2.35. The van der Waals surface area contributed by atoms with Gasteiger partial charge in [0, 0.05) is 5.56 Å². The van der Waals surface area contributed by atoms with Gasteiger partial charge in [-0.2, -0.15) is 5.10 Å². The Bertz CT molecular complexity index is 805. The Labute approximate surface area is 156 Å². The van der Waals surface area contributed by atoms with Gasteiger partial charge in [0.15, 0.2) is 11.5 Å². The molecule has 144 valence electrons. The zero-order valence-electron chi connectivity index (χ0n) is 15.5. The summed E-state index contributed by atoms with van der Waals surface area (Å²) in [6.07, 6.45) is 1.51. The van der Waals surface area contributed by atoms with Gasteiger partial charge in [0.1, 0.15) is 11.5 Å². The number of hydrogen-bond donors (Lipinski definition) is 2. The molecule has 1 aromatic carbocycles. The summed E-state index contributed by atoms with van der Waals surface area (Å²) in [5.74, 6) is 0.627. The Hall–Kier alpha value is -3.49. The Balaban J connectivity index is 1.99. The summed E-state index contributed by atoms with van der Waals surface area (Å²) in [6, 6.07) is 6.42. The number of methoxy groups -OCH3 is 3. The van der Waals surface area contributed by atoms with Crippen LogP contribution in [0.5, 0.6) is 17.2 Å². The summed E-state index contributed by atoms with van der Waals surface area (Å²) < 4.78 is 20.8. The van der Waals surface area contributed by atoms with Crippen molar-refractivity contribution in [2.75, 3.05) is 27.9 Å². The lowest BCUT2D eigenvalue weighted by atomic mass is 10.1. The largest absolute Gasteiger partial charge is 0.493 e. The zero-order chi connectivity index (χ0) is 19.8. The molecule has 2 rings (SSSR count). The first-order valence-electron chi connectivity index (χ1n) is 7.95. The minimum Gasteiger partial charge on any atom is -0.493 e. The maximum Gasteiger partial charge on any atom is 0.259 e. The number of carbonyl (C=O) groups excluding carboxylic acids is 2. The monoisotopic (exact) mass is 375 g/mol. The average molecular weight is 375 g/mol. The Morgan fingerprint density at radius 3 is 2.30 bits per heavy atom. The molecule has 0 atom stereocenters. The van der Waals surface area contributed by atoms with Crippen molar-refractivity contribution >= 4 is 17.5 Å². The van der Waals surface area contributed by atoms with Crippen LogP contribution in [0.15, 0.2) is 40.0 Å². The molecular formula is C18H21N3O6. The van der Waals surface area contributed by atoms with Crippen LogP contribution in [0, 0.1) is 0 Å². The van der Waals surface area contributed by atoms with Crippen LogP contribution in [0.1, 0.15) is 23.0 Å². The normalized spacial score (nSPS) is 10.9. The van der Waals surface area contributed by atoms with Crippen molar-refractivity contribution in [2.45, 2.75) is 6.92 Å². The minimum absolute atomic E-state index is 0.257. The van der Waals surface area contributed by atoms with Crippen LogP contribution < -0.4 is 25.0 Å². The van der Waals surface area contributed by atoms with Crippen LogP contribution in [0.25, 0.3) is 0 Å². The number of benzene rings is 1. The molecule has 0 aliphatic heterocycles. The van der Waals surface area contributed by atoms with E-state index in [4.69, 9.17) is 18.6 Å². The lowest BCUT2D eigenvalue weighted by molar-refractivity contribution is -0.120. The Morgan fingerprint density at radius 1 is 1.11 bits per heavy atom. The topological polar surface area (TPSA) is 111 Å². The number of hydrazone groups is 1. The molecule has 0 saturated carbocycles. The van der Waals surface area contributed by atoms with Crippen molar-refractivity contribution in [3.05, 3.63) is 41.9 Å². The fourth-order valence-corrected chi connectivity index (χ4v) is 2.20. The SMILES string of the molecule is COc1cc(C(=O)NCC(=O)NN=C(C)c2ccco2)cc(OC)c1OC. The number of rotatable bonds is 8. The second-order valence-corrected chi connectivity index (χ2v) is 5.31. The molecule has 0 radical (unpaired) electrons. The molecule has 0 fully saturated rings. The van der Waals surface area contributed by atoms with Gasteiger partial charge in [-0.05, 0) is 31.2 Å². The van der Waals surface area contributed by atoms with Crippen molar-refractivity contribution in [3.8, 4) is 17.2 Å². The van der Waals surface area contributed by atoms with Gasteiger partial charge in [-0.15, -0.1) is 0 Å². The number of hydrogen-bond acceptors (Lipinski definition) is 7. The molecule has 0 aliphatic carbocycles. The first kappa shape index (κ1) is 19.8. The highest BCUT2D eigenvalue weighted by Crippen LogP contribution is 2.38. The zero-order valence-corrected chi connectivity index (χ0v) is 15.5. The van der Waals surface area contributed by atoms with Crippen LogP contribution in [0.4, 0.5) is 0 Å². The van der Waals surface area contributed by atoms with Crippen molar-refractivity contribution in [2.24, 2.45) is 5.10 Å². The van der Waals surface area contributed by atoms with Gasteiger partial charge in [-0.3, -0.25) is 9.59 Å². The Kier molecular flexibility index (Phi) is 6.81. The van der Waals surface area contributed by atoms with E-state index >= 15 is 0 Å². The minimum atomic E-state index is -0.485. The van der Waals surface area contributed by atoms with Gasteiger partial charge in [0.25, 0.3) is 11.8 Å². The van der Waals surface area contributed by atoms with Gasteiger partial charge >= 0.3 is 0 Å². The predicted molar refractivity (Wildman–Crippen MR) is 97.5 cm³/mol. The van der Waals surface area contributed by atoms with E-state index in [9.17, 15) is 9.59 Å². The molecule has 0 saturated heterocycles.